The average Bonchev–Trinajstić information content (AvgIpc) is 2.41. The predicted octanol–water partition coefficient (Wildman–Crippen LogP) is 2.19. The van der Waals surface area contributed by atoms with Gasteiger partial charge in [0.1, 0.15) is 5.75 Å². The molecule has 1 aromatic carbocycles. The van der Waals surface area contributed by atoms with Crippen LogP contribution in [-0.2, 0) is 16.0 Å². The molecule has 1 aromatic rings. The van der Waals surface area contributed by atoms with E-state index in [9.17, 15) is 14.7 Å². The Balaban J connectivity index is 2.39. The van der Waals surface area contributed by atoms with Crippen molar-refractivity contribution >= 4 is 11.9 Å². The van der Waals surface area contributed by atoms with E-state index >= 15 is 0 Å². The van der Waals surface area contributed by atoms with Crippen LogP contribution in [0, 0.1) is 11.8 Å². The summed E-state index contributed by atoms with van der Waals surface area (Å²) < 4.78 is 0. The Morgan fingerprint density at radius 3 is 2.48 bits per heavy atom. The van der Waals surface area contributed by atoms with E-state index in [-0.39, 0.29) is 30.5 Å². The molecule has 5 heteroatoms. The number of phenols is 1. The fraction of sp³-hybridized carbons (Fsp3) is 0.500. The number of hydrogen-bond donors (Lipinski definition) is 3. The lowest BCUT2D eigenvalue weighted by Crippen LogP contribution is -2.33. The third kappa shape index (κ3) is 6.29. The number of carboxylic acid groups (broad SMARTS) is 1. The molecule has 0 aromatic heterocycles. The van der Waals surface area contributed by atoms with E-state index in [0.717, 1.165) is 0 Å². The minimum absolute atomic E-state index is 0.146. The highest BCUT2D eigenvalue weighted by molar-refractivity contribution is 5.77. The third-order valence-corrected chi connectivity index (χ3v) is 3.26. The van der Waals surface area contributed by atoms with Gasteiger partial charge in [0.25, 0.3) is 0 Å². The minimum atomic E-state index is -0.885. The van der Waals surface area contributed by atoms with Gasteiger partial charge < -0.3 is 15.5 Å². The molecule has 1 unspecified atom stereocenters. The van der Waals surface area contributed by atoms with Gasteiger partial charge in [0, 0.05) is 13.0 Å². The zero-order valence-corrected chi connectivity index (χ0v) is 12.5. The first-order chi connectivity index (χ1) is 9.90. The Bertz CT molecular complexity index is 485. The van der Waals surface area contributed by atoms with Crippen LogP contribution in [0.15, 0.2) is 24.3 Å². The summed E-state index contributed by atoms with van der Waals surface area (Å²) in [4.78, 5) is 22.8. The number of aromatic hydroxyl groups is 1. The summed E-state index contributed by atoms with van der Waals surface area (Å²) in [6, 6.07) is 6.87. The van der Waals surface area contributed by atoms with Gasteiger partial charge in [-0.1, -0.05) is 32.0 Å². The standard InChI is InChI=1S/C16H23NO4/c1-11(2)9-13(16(20)21)10-17-15(19)8-7-12-5-3-4-6-14(12)18/h3-6,11,13,18H,7-10H2,1-2H3,(H,17,19)(H,20,21). The smallest absolute Gasteiger partial charge is 0.308 e. The number of carbonyl (C=O) groups is 2. The average molecular weight is 293 g/mol. The van der Waals surface area contributed by atoms with Crippen molar-refractivity contribution < 1.29 is 19.8 Å². The van der Waals surface area contributed by atoms with Crippen molar-refractivity contribution in [1.82, 2.24) is 5.32 Å². The fourth-order valence-electron chi connectivity index (χ4n) is 2.14. The Hall–Kier alpha value is -2.04. The maximum absolute atomic E-state index is 11.8. The second kappa shape index (κ2) is 8.29. The highest BCUT2D eigenvalue weighted by Crippen LogP contribution is 2.17. The molecule has 0 heterocycles. The van der Waals surface area contributed by atoms with Crippen LogP contribution in [0.3, 0.4) is 0 Å². The second-order valence-corrected chi connectivity index (χ2v) is 5.60. The third-order valence-electron chi connectivity index (χ3n) is 3.26. The number of hydrogen-bond acceptors (Lipinski definition) is 3. The number of para-hydroxylation sites is 1. The Morgan fingerprint density at radius 1 is 1.24 bits per heavy atom. The van der Waals surface area contributed by atoms with Crippen LogP contribution >= 0.6 is 0 Å². The molecular formula is C16H23NO4. The number of aliphatic carboxylic acids is 1. The Morgan fingerprint density at radius 2 is 1.90 bits per heavy atom. The summed E-state index contributed by atoms with van der Waals surface area (Å²) in [5.41, 5.74) is 0.713. The van der Waals surface area contributed by atoms with Crippen molar-refractivity contribution in [3.63, 3.8) is 0 Å². The van der Waals surface area contributed by atoms with E-state index in [1.54, 1.807) is 24.3 Å². The predicted molar refractivity (Wildman–Crippen MR) is 80.0 cm³/mol. The first kappa shape index (κ1) is 17.0. The van der Waals surface area contributed by atoms with Crippen LogP contribution in [0.25, 0.3) is 0 Å². The first-order valence-electron chi connectivity index (χ1n) is 7.16. The topological polar surface area (TPSA) is 86.6 Å². The van der Waals surface area contributed by atoms with Crippen molar-refractivity contribution in [3.8, 4) is 5.75 Å². The van der Waals surface area contributed by atoms with E-state index in [2.05, 4.69) is 5.32 Å². The highest BCUT2D eigenvalue weighted by atomic mass is 16.4. The van der Waals surface area contributed by atoms with E-state index in [4.69, 9.17) is 5.11 Å². The molecule has 0 aliphatic rings. The molecule has 1 atom stereocenters. The molecule has 21 heavy (non-hydrogen) atoms. The van der Waals surface area contributed by atoms with Gasteiger partial charge in [0.2, 0.25) is 5.91 Å². The summed E-state index contributed by atoms with van der Waals surface area (Å²) in [5, 5.41) is 21.4. The van der Waals surface area contributed by atoms with Crippen LogP contribution in [0.5, 0.6) is 5.75 Å². The zero-order chi connectivity index (χ0) is 15.8. The number of nitrogens with one attached hydrogen (secondary N) is 1. The summed E-state index contributed by atoms with van der Waals surface area (Å²) in [5.74, 6) is -1.20. The molecule has 0 bridgehead atoms. The summed E-state index contributed by atoms with van der Waals surface area (Å²) in [7, 11) is 0. The van der Waals surface area contributed by atoms with Crippen LogP contribution in [-0.4, -0.2) is 28.6 Å². The number of rotatable bonds is 8. The van der Waals surface area contributed by atoms with Crippen molar-refractivity contribution in [1.29, 1.82) is 0 Å². The van der Waals surface area contributed by atoms with Gasteiger partial charge in [-0.05, 0) is 30.4 Å². The van der Waals surface area contributed by atoms with Gasteiger partial charge in [-0.3, -0.25) is 9.59 Å². The van der Waals surface area contributed by atoms with Gasteiger partial charge in [0.15, 0.2) is 0 Å². The normalized spacial score (nSPS) is 12.1. The molecule has 1 amide bonds. The lowest BCUT2D eigenvalue weighted by Gasteiger charge is -2.15. The van der Waals surface area contributed by atoms with Gasteiger partial charge in [-0.2, -0.15) is 0 Å². The number of amides is 1. The van der Waals surface area contributed by atoms with Crippen molar-refractivity contribution in [2.45, 2.75) is 33.1 Å². The maximum Gasteiger partial charge on any atom is 0.308 e. The van der Waals surface area contributed by atoms with Gasteiger partial charge in [-0.15, -0.1) is 0 Å². The quantitative estimate of drug-likeness (QED) is 0.685. The van der Waals surface area contributed by atoms with E-state index < -0.39 is 11.9 Å². The largest absolute Gasteiger partial charge is 0.508 e. The number of carbonyl (C=O) groups excluding carboxylic acids is 1. The van der Waals surface area contributed by atoms with Crippen LogP contribution in [0.4, 0.5) is 0 Å². The van der Waals surface area contributed by atoms with Crippen molar-refractivity contribution in [2.24, 2.45) is 11.8 Å². The molecule has 5 nitrogen and oxygen atoms in total. The molecule has 0 spiro atoms. The monoisotopic (exact) mass is 293 g/mol. The number of aryl methyl sites for hydroxylation is 1. The molecule has 3 N–H and O–H groups in total. The van der Waals surface area contributed by atoms with E-state index in [0.29, 0.717) is 18.4 Å². The minimum Gasteiger partial charge on any atom is -0.508 e. The van der Waals surface area contributed by atoms with Crippen molar-refractivity contribution in [3.05, 3.63) is 29.8 Å². The first-order valence-corrected chi connectivity index (χ1v) is 7.16. The Labute approximate surface area is 125 Å². The molecular weight excluding hydrogens is 270 g/mol. The molecule has 0 aliphatic heterocycles. The SMILES string of the molecule is CC(C)CC(CNC(=O)CCc1ccccc1O)C(=O)O. The Kier molecular flexibility index (Phi) is 6.72. The van der Waals surface area contributed by atoms with Crippen molar-refractivity contribution in [2.75, 3.05) is 6.54 Å². The summed E-state index contributed by atoms with van der Waals surface area (Å²) in [6.45, 7) is 4.05. The molecule has 0 saturated carbocycles. The summed E-state index contributed by atoms with van der Waals surface area (Å²) >= 11 is 0. The van der Waals surface area contributed by atoms with Gasteiger partial charge >= 0.3 is 5.97 Å². The second-order valence-electron chi connectivity index (χ2n) is 5.60. The van der Waals surface area contributed by atoms with Crippen LogP contribution in [0.1, 0.15) is 32.3 Å². The molecule has 0 aliphatic carbocycles. The van der Waals surface area contributed by atoms with Gasteiger partial charge in [-0.25, -0.2) is 0 Å². The summed E-state index contributed by atoms with van der Waals surface area (Å²) in [6.07, 6.45) is 1.20. The van der Waals surface area contributed by atoms with Crippen LogP contribution in [0.2, 0.25) is 0 Å². The lowest BCUT2D eigenvalue weighted by molar-refractivity contribution is -0.142. The maximum atomic E-state index is 11.8. The number of carboxylic acids is 1. The van der Waals surface area contributed by atoms with E-state index in [1.807, 2.05) is 13.8 Å². The fourth-order valence-corrected chi connectivity index (χ4v) is 2.14. The number of benzene rings is 1. The lowest BCUT2D eigenvalue weighted by atomic mass is 9.97. The van der Waals surface area contributed by atoms with Gasteiger partial charge in [0.05, 0.1) is 5.92 Å². The zero-order valence-electron chi connectivity index (χ0n) is 12.5. The molecule has 0 fully saturated rings. The molecule has 0 saturated heterocycles. The molecule has 0 radical (unpaired) electrons. The highest BCUT2D eigenvalue weighted by Gasteiger charge is 2.19. The van der Waals surface area contributed by atoms with Crippen LogP contribution < -0.4 is 5.32 Å². The number of phenolic OH excluding ortho intramolecular Hbond substituents is 1. The van der Waals surface area contributed by atoms with E-state index in [1.165, 1.54) is 0 Å². The molecule has 116 valence electrons. The molecule has 1 rings (SSSR count).